The molecule has 0 radical (unpaired) electrons. The number of carbonyl (C=O) groups is 1. The third-order valence-electron chi connectivity index (χ3n) is 2.44. The molecule has 2 rings (SSSR count). The number of pyridine rings is 2. The van der Waals surface area contributed by atoms with E-state index in [1.54, 1.807) is 0 Å². The molecule has 20 heavy (non-hydrogen) atoms. The number of rotatable bonds is 3. The summed E-state index contributed by atoms with van der Waals surface area (Å²) >= 11 is 0. The van der Waals surface area contributed by atoms with Crippen molar-refractivity contribution in [3.8, 4) is 11.3 Å². The third kappa shape index (κ3) is 3.11. The van der Waals surface area contributed by atoms with E-state index < -0.39 is 17.9 Å². The zero-order chi connectivity index (χ0) is 14.7. The number of hydrogen-bond donors (Lipinski definition) is 1. The van der Waals surface area contributed by atoms with E-state index in [4.69, 9.17) is 0 Å². The van der Waals surface area contributed by atoms with Crippen LogP contribution in [0, 0.1) is 5.82 Å². The lowest BCUT2D eigenvalue weighted by Crippen LogP contribution is -2.07. The van der Waals surface area contributed by atoms with Gasteiger partial charge in [-0.3, -0.25) is 4.79 Å². The minimum Gasteiger partial charge on any atom is -0.311 e. The van der Waals surface area contributed by atoms with Crippen molar-refractivity contribution in [2.45, 2.75) is 13.3 Å². The van der Waals surface area contributed by atoms with Crippen molar-refractivity contribution in [2.24, 2.45) is 0 Å². The fourth-order valence-electron chi connectivity index (χ4n) is 1.61. The van der Waals surface area contributed by atoms with Gasteiger partial charge in [0.25, 0.3) is 6.43 Å². The summed E-state index contributed by atoms with van der Waals surface area (Å²) in [5, 5.41) is 2.46. The molecule has 104 valence electrons. The highest BCUT2D eigenvalue weighted by Gasteiger charge is 2.16. The molecule has 0 spiro atoms. The van der Waals surface area contributed by atoms with Gasteiger partial charge in [-0.05, 0) is 24.3 Å². The molecule has 2 aromatic heterocycles. The van der Waals surface area contributed by atoms with E-state index in [0.29, 0.717) is 5.56 Å². The molecule has 1 amide bonds. The van der Waals surface area contributed by atoms with Gasteiger partial charge in [-0.15, -0.1) is 0 Å². The minimum atomic E-state index is -2.99. The number of aromatic nitrogens is 2. The van der Waals surface area contributed by atoms with Gasteiger partial charge in [0.05, 0.1) is 5.69 Å². The Morgan fingerprint density at radius 1 is 1.30 bits per heavy atom. The maximum Gasteiger partial charge on any atom is 0.283 e. The van der Waals surface area contributed by atoms with Crippen molar-refractivity contribution in [2.75, 3.05) is 5.32 Å². The second-order valence-electron chi connectivity index (χ2n) is 3.98. The van der Waals surface area contributed by atoms with Crippen molar-refractivity contribution >= 4 is 11.7 Å². The monoisotopic (exact) mass is 281 g/mol. The average Bonchev–Trinajstić information content (AvgIpc) is 2.38. The number of hydrogen-bond acceptors (Lipinski definition) is 3. The maximum absolute atomic E-state index is 13.2. The zero-order valence-corrected chi connectivity index (χ0v) is 10.4. The molecular weight excluding hydrogens is 271 g/mol. The molecule has 0 aliphatic heterocycles. The zero-order valence-electron chi connectivity index (χ0n) is 10.4. The smallest absolute Gasteiger partial charge is 0.283 e. The summed E-state index contributed by atoms with van der Waals surface area (Å²) in [4.78, 5) is 18.4. The quantitative estimate of drug-likeness (QED) is 0.940. The lowest BCUT2D eigenvalue weighted by molar-refractivity contribution is -0.114. The maximum atomic E-state index is 13.2. The van der Waals surface area contributed by atoms with E-state index in [2.05, 4.69) is 15.3 Å². The highest BCUT2D eigenvalue weighted by Crippen LogP contribution is 2.25. The van der Waals surface area contributed by atoms with Crippen LogP contribution in [0.4, 0.5) is 19.0 Å². The molecule has 7 heteroatoms. The Labute approximate surface area is 112 Å². The molecule has 0 atom stereocenters. The van der Waals surface area contributed by atoms with Crippen LogP contribution in [0.5, 0.6) is 0 Å². The first-order valence-corrected chi connectivity index (χ1v) is 5.66. The number of alkyl halides is 2. The normalized spacial score (nSPS) is 10.7. The Morgan fingerprint density at radius 2 is 2.05 bits per heavy atom. The Bertz CT molecular complexity index is 647. The summed E-state index contributed by atoms with van der Waals surface area (Å²) in [6.07, 6.45) is -1.60. The largest absolute Gasteiger partial charge is 0.311 e. The molecule has 0 unspecified atom stereocenters. The van der Waals surface area contributed by atoms with E-state index in [0.717, 1.165) is 6.07 Å². The van der Waals surface area contributed by atoms with Crippen LogP contribution < -0.4 is 5.32 Å². The van der Waals surface area contributed by atoms with Crippen molar-refractivity contribution in [1.82, 2.24) is 9.97 Å². The molecular formula is C13H10F3N3O. The number of anilines is 1. The Kier molecular flexibility index (Phi) is 3.97. The van der Waals surface area contributed by atoms with Crippen molar-refractivity contribution in [3.05, 3.63) is 42.0 Å². The minimum absolute atomic E-state index is 0.177. The number of amides is 1. The van der Waals surface area contributed by atoms with Crippen LogP contribution in [0.15, 0.2) is 30.5 Å². The second kappa shape index (κ2) is 5.68. The van der Waals surface area contributed by atoms with Gasteiger partial charge in [0.15, 0.2) is 5.82 Å². The van der Waals surface area contributed by atoms with Crippen molar-refractivity contribution < 1.29 is 18.0 Å². The highest BCUT2D eigenvalue weighted by atomic mass is 19.3. The van der Waals surface area contributed by atoms with Crippen molar-refractivity contribution in [1.29, 1.82) is 0 Å². The summed E-state index contributed by atoms with van der Waals surface area (Å²) in [7, 11) is 0. The molecule has 1 N–H and O–H groups in total. The summed E-state index contributed by atoms with van der Waals surface area (Å²) < 4.78 is 38.4. The molecule has 0 aliphatic carbocycles. The van der Waals surface area contributed by atoms with Crippen LogP contribution in [0.3, 0.4) is 0 Å². The van der Waals surface area contributed by atoms with Gasteiger partial charge in [0.1, 0.15) is 11.5 Å². The first kappa shape index (κ1) is 14.0. The second-order valence-corrected chi connectivity index (χ2v) is 3.98. The molecule has 0 fully saturated rings. The predicted octanol–water partition coefficient (Wildman–Crippen LogP) is 3.18. The number of halogens is 3. The molecule has 0 saturated carbocycles. The molecule has 4 nitrogen and oxygen atoms in total. The summed E-state index contributed by atoms with van der Waals surface area (Å²) in [5.41, 5.74) is -0.276. The van der Waals surface area contributed by atoms with Crippen LogP contribution in [-0.4, -0.2) is 15.9 Å². The van der Waals surface area contributed by atoms with E-state index in [1.165, 1.54) is 31.3 Å². The van der Waals surface area contributed by atoms with Gasteiger partial charge >= 0.3 is 0 Å². The first-order valence-electron chi connectivity index (χ1n) is 5.66. The van der Waals surface area contributed by atoms with E-state index in [9.17, 15) is 18.0 Å². The predicted molar refractivity (Wildman–Crippen MR) is 66.7 cm³/mol. The van der Waals surface area contributed by atoms with Crippen LogP contribution in [-0.2, 0) is 4.79 Å². The SMILES string of the molecule is CC(=O)Nc1cc(-c2ccc(F)c(C(F)F)n2)ccn1. The fourth-order valence-corrected chi connectivity index (χ4v) is 1.61. The number of carbonyl (C=O) groups excluding carboxylic acids is 1. The van der Waals surface area contributed by atoms with Gasteiger partial charge in [0.2, 0.25) is 5.91 Å². The molecule has 0 bridgehead atoms. The molecule has 0 aliphatic rings. The van der Waals surface area contributed by atoms with Gasteiger partial charge in [-0.2, -0.15) is 0 Å². The van der Waals surface area contributed by atoms with Crippen molar-refractivity contribution in [3.63, 3.8) is 0 Å². The van der Waals surface area contributed by atoms with Gasteiger partial charge in [0, 0.05) is 18.7 Å². The Hall–Kier alpha value is -2.44. The first-order chi connectivity index (χ1) is 9.47. The van der Waals surface area contributed by atoms with Gasteiger partial charge in [-0.25, -0.2) is 23.1 Å². The summed E-state index contributed by atoms with van der Waals surface area (Å²) in [6.45, 7) is 1.32. The van der Waals surface area contributed by atoms with E-state index in [-0.39, 0.29) is 17.4 Å². The Balaban J connectivity index is 2.41. The fraction of sp³-hybridized carbons (Fsp3) is 0.154. The highest BCUT2D eigenvalue weighted by molar-refractivity contribution is 5.88. The third-order valence-corrected chi connectivity index (χ3v) is 2.44. The lowest BCUT2D eigenvalue weighted by atomic mass is 10.1. The van der Waals surface area contributed by atoms with Gasteiger partial charge < -0.3 is 5.32 Å². The van der Waals surface area contributed by atoms with Gasteiger partial charge in [-0.1, -0.05) is 0 Å². The molecule has 0 aromatic carbocycles. The van der Waals surface area contributed by atoms with E-state index >= 15 is 0 Å². The number of nitrogens with one attached hydrogen (secondary N) is 1. The van der Waals surface area contributed by atoms with Crippen LogP contribution in [0.25, 0.3) is 11.3 Å². The van der Waals surface area contributed by atoms with Crippen LogP contribution >= 0.6 is 0 Å². The topological polar surface area (TPSA) is 54.9 Å². The standard InChI is InChI=1S/C13H10F3N3O/c1-7(20)18-11-6-8(4-5-17-11)10-3-2-9(14)12(19-10)13(15)16/h2-6,13H,1H3,(H,17,18,20). The molecule has 2 aromatic rings. The molecule has 0 saturated heterocycles. The average molecular weight is 281 g/mol. The summed E-state index contributed by atoms with van der Waals surface area (Å²) in [6, 6.07) is 5.22. The lowest BCUT2D eigenvalue weighted by Gasteiger charge is -2.07. The van der Waals surface area contributed by atoms with Crippen LogP contribution in [0.2, 0.25) is 0 Å². The Morgan fingerprint density at radius 3 is 2.70 bits per heavy atom. The van der Waals surface area contributed by atoms with Crippen LogP contribution in [0.1, 0.15) is 19.0 Å². The number of nitrogens with zero attached hydrogens (tertiary/aromatic N) is 2. The summed E-state index contributed by atoms with van der Waals surface area (Å²) in [5.74, 6) is -1.10. The van der Waals surface area contributed by atoms with E-state index in [1.807, 2.05) is 0 Å². The molecule has 2 heterocycles.